The van der Waals surface area contributed by atoms with Gasteiger partial charge in [0.2, 0.25) is 11.8 Å². The van der Waals surface area contributed by atoms with Crippen LogP contribution in [0, 0.1) is 0 Å². The lowest BCUT2D eigenvalue weighted by molar-refractivity contribution is -0.118. The average Bonchev–Trinajstić information content (AvgIpc) is 2.59. The number of thioether (sulfide) groups is 1. The maximum absolute atomic E-state index is 11.9. The molecule has 0 saturated heterocycles. The molecule has 0 atom stereocenters. The summed E-state index contributed by atoms with van der Waals surface area (Å²) in [5, 5.41) is 6.86. The molecule has 0 aliphatic rings. The number of halogens is 1. The molecule has 0 aliphatic carbocycles. The summed E-state index contributed by atoms with van der Waals surface area (Å²) >= 11 is 4.96. The maximum atomic E-state index is 11.9. The molecule has 0 unspecified atom stereocenters. The molecule has 0 fully saturated rings. The van der Waals surface area contributed by atoms with Crippen LogP contribution in [0.2, 0.25) is 0 Å². The number of rotatable bonds is 7. The molecule has 0 spiro atoms. The fourth-order valence-electron chi connectivity index (χ4n) is 2.16. The van der Waals surface area contributed by atoms with Gasteiger partial charge in [-0.15, -0.1) is 11.8 Å². The van der Waals surface area contributed by atoms with Gasteiger partial charge in [0.1, 0.15) is 0 Å². The summed E-state index contributed by atoms with van der Waals surface area (Å²) in [7, 11) is 0. The van der Waals surface area contributed by atoms with Crippen molar-refractivity contribution in [3.05, 3.63) is 64.1 Å². The monoisotopic (exact) mass is 433 g/mol. The topological polar surface area (TPSA) is 70.6 Å². The number of carbonyl (C=O) groups is 2. The van der Waals surface area contributed by atoms with Crippen molar-refractivity contribution in [2.24, 2.45) is 5.10 Å². The quantitative estimate of drug-likeness (QED) is 0.508. The van der Waals surface area contributed by atoms with Crippen molar-refractivity contribution in [2.45, 2.75) is 19.6 Å². The first-order valence-electron chi connectivity index (χ1n) is 7.97. The SMILES string of the molecule is CC(=O)Nc1cccc(/C(C)=N/NC(=O)CSCc2cccc(Br)c2)c1. The van der Waals surface area contributed by atoms with Crippen LogP contribution in [-0.4, -0.2) is 23.3 Å². The largest absolute Gasteiger partial charge is 0.326 e. The minimum absolute atomic E-state index is 0.132. The van der Waals surface area contributed by atoms with E-state index >= 15 is 0 Å². The number of amides is 2. The molecular formula is C19H20BrN3O2S. The zero-order chi connectivity index (χ0) is 18.9. The van der Waals surface area contributed by atoms with Gasteiger partial charge < -0.3 is 5.32 Å². The smallest absolute Gasteiger partial charge is 0.250 e. The second kappa shape index (κ2) is 10.1. The molecule has 0 aromatic heterocycles. The van der Waals surface area contributed by atoms with Crippen molar-refractivity contribution in [3.63, 3.8) is 0 Å². The van der Waals surface area contributed by atoms with Crippen molar-refractivity contribution in [1.29, 1.82) is 0 Å². The summed E-state index contributed by atoms with van der Waals surface area (Å²) in [6.45, 7) is 3.27. The van der Waals surface area contributed by atoms with E-state index in [1.807, 2.05) is 49.4 Å². The number of carbonyl (C=O) groups excluding carboxylic acids is 2. The number of hydrogen-bond acceptors (Lipinski definition) is 4. The van der Waals surface area contributed by atoms with Gasteiger partial charge >= 0.3 is 0 Å². The van der Waals surface area contributed by atoms with Gasteiger partial charge in [-0.2, -0.15) is 5.10 Å². The molecule has 136 valence electrons. The van der Waals surface area contributed by atoms with Crippen molar-refractivity contribution in [3.8, 4) is 0 Å². The number of hydrazone groups is 1. The zero-order valence-corrected chi connectivity index (χ0v) is 17.0. The van der Waals surface area contributed by atoms with Gasteiger partial charge in [-0.05, 0) is 42.3 Å². The van der Waals surface area contributed by atoms with E-state index in [9.17, 15) is 9.59 Å². The first-order chi connectivity index (χ1) is 12.4. The Morgan fingerprint density at radius 1 is 1.12 bits per heavy atom. The van der Waals surface area contributed by atoms with Crippen LogP contribution >= 0.6 is 27.7 Å². The van der Waals surface area contributed by atoms with E-state index < -0.39 is 0 Å². The molecular weight excluding hydrogens is 414 g/mol. The third kappa shape index (κ3) is 7.01. The molecule has 0 radical (unpaired) electrons. The Morgan fingerprint density at radius 2 is 1.88 bits per heavy atom. The Bertz CT molecular complexity index is 824. The van der Waals surface area contributed by atoms with Crippen molar-refractivity contribution in [2.75, 3.05) is 11.1 Å². The second-order valence-corrected chi connectivity index (χ2v) is 7.52. The highest BCUT2D eigenvalue weighted by Crippen LogP contribution is 2.17. The summed E-state index contributed by atoms with van der Waals surface area (Å²) < 4.78 is 1.03. The van der Waals surface area contributed by atoms with Gasteiger partial charge in [-0.25, -0.2) is 5.43 Å². The van der Waals surface area contributed by atoms with E-state index in [-0.39, 0.29) is 11.8 Å². The molecule has 0 aliphatic heterocycles. The fourth-order valence-corrected chi connectivity index (χ4v) is 3.37. The highest BCUT2D eigenvalue weighted by Gasteiger charge is 2.04. The molecule has 2 aromatic rings. The van der Waals surface area contributed by atoms with Crippen LogP contribution in [0.1, 0.15) is 25.0 Å². The maximum Gasteiger partial charge on any atom is 0.250 e. The highest BCUT2D eigenvalue weighted by atomic mass is 79.9. The number of nitrogens with one attached hydrogen (secondary N) is 2. The van der Waals surface area contributed by atoms with Crippen LogP contribution in [0.4, 0.5) is 5.69 Å². The van der Waals surface area contributed by atoms with Crippen LogP contribution in [0.15, 0.2) is 58.1 Å². The van der Waals surface area contributed by atoms with Crippen molar-refractivity contribution < 1.29 is 9.59 Å². The molecule has 0 bridgehead atoms. The molecule has 2 rings (SSSR count). The van der Waals surface area contributed by atoms with Gasteiger partial charge in [0.15, 0.2) is 0 Å². The molecule has 2 amide bonds. The van der Waals surface area contributed by atoms with E-state index in [1.54, 1.807) is 6.07 Å². The standard InChI is InChI=1S/C19H20BrN3O2S/c1-13(16-6-4-8-18(10-16)21-14(2)24)22-23-19(25)12-26-11-15-5-3-7-17(20)9-15/h3-10H,11-12H2,1-2H3,(H,21,24)(H,23,25)/b22-13+. The molecule has 7 heteroatoms. The van der Waals surface area contributed by atoms with Crippen LogP contribution in [0.25, 0.3) is 0 Å². The van der Waals surface area contributed by atoms with E-state index in [4.69, 9.17) is 0 Å². The van der Waals surface area contributed by atoms with E-state index in [0.717, 1.165) is 21.4 Å². The lowest BCUT2D eigenvalue weighted by Gasteiger charge is -2.06. The zero-order valence-electron chi connectivity index (χ0n) is 14.6. The van der Waals surface area contributed by atoms with Gasteiger partial charge in [-0.3, -0.25) is 9.59 Å². The Balaban J connectivity index is 1.84. The van der Waals surface area contributed by atoms with E-state index in [1.165, 1.54) is 18.7 Å². The third-order valence-electron chi connectivity index (χ3n) is 3.34. The Labute approximate surface area is 165 Å². The van der Waals surface area contributed by atoms with Gasteiger partial charge in [0.05, 0.1) is 11.5 Å². The molecule has 2 N–H and O–H groups in total. The molecule has 0 saturated carbocycles. The lowest BCUT2D eigenvalue weighted by Crippen LogP contribution is -2.21. The molecule has 0 heterocycles. The minimum Gasteiger partial charge on any atom is -0.326 e. The number of anilines is 1. The van der Waals surface area contributed by atoms with Crippen LogP contribution in [0.3, 0.4) is 0 Å². The Hall–Kier alpha value is -2.12. The molecule has 2 aromatic carbocycles. The third-order valence-corrected chi connectivity index (χ3v) is 4.84. The summed E-state index contributed by atoms with van der Waals surface area (Å²) in [5.41, 5.74) is 5.93. The van der Waals surface area contributed by atoms with E-state index in [0.29, 0.717) is 17.2 Å². The summed E-state index contributed by atoms with van der Waals surface area (Å²) in [6.07, 6.45) is 0. The second-order valence-electron chi connectivity index (χ2n) is 5.62. The average molecular weight is 434 g/mol. The van der Waals surface area contributed by atoms with E-state index in [2.05, 4.69) is 31.8 Å². The van der Waals surface area contributed by atoms with Crippen molar-refractivity contribution >= 4 is 50.9 Å². The minimum atomic E-state index is -0.151. The summed E-state index contributed by atoms with van der Waals surface area (Å²) in [5.74, 6) is 0.804. The van der Waals surface area contributed by atoms with Gasteiger partial charge in [0, 0.05) is 22.8 Å². The molecule has 26 heavy (non-hydrogen) atoms. The normalized spacial score (nSPS) is 11.1. The van der Waals surface area contributed by atoms with Crippen LogP contribution < -0.4 is 10.7 Å². The highest BCUT2D eigenvalue weighted by molar-refractivity contribution is 9.10. The van der Waals surface area contributed by atoms with Crippen molar-refractivity contribution in [1.82, 2.24) is 5.43 Å². The fraction of sp³-hybridized carbons (Fsp3) is 0.211. The predicted molar refractivity (Wildman–Crippen MR) is 111 cm³/mol. The Kier molecular flexibility index (Phi) is 7.87. The summed E-state index contributed by atoms with van der Waals surface area (Å²) in [6, 6.07) is 15.3. The number of benzene rings is 2. The van der Waals surface area contributed by atoms with Gasteiger partial charge in [0.25, 0.3) is 0 Å². The number of hydrogen-bond donors (Lipinski definition) is 2. The Morgan fingerprint density at radius 3 is 2.62 bits per heavy atom. The number of nitrogens with zero attached hydrogens (tertiary/aromatic N) is 1. The van der Waals surface area contributed by atoms with Gasteiger partial charge in [-0.1, -0.05) is 40.2 Å². The first-order valence-corrected chi connectivity index (χ1v) is 9.92. The first kappa shape index (κ1) is 20.2. The predicted octanol–water partition coefficient (Wildman–Crippen LogP) is 4.18. The lowest BCUT2D eigenvalue weighted by atomic mass is 10.1. The summed E-state index contributed by atoms with van der Waals surface area (Å²) in [4.78, 5) is 23.1. The van der Waals surface area contributed by atoms with Crippen LogP contribution in [-0.2, 0) is 15.3 Å². The molecule has 5 nitrogen and oxygen atoms in total. The van der Waals surface area contributed by atoms with Crippen LogP contribution in [0.5, 0.6) is 0 Å².